The molecular weight excluding hydrogens is 322 g/mol. The number of guanidine groups is 1. The first-order chi connectivity index (χ1) is 12.8. The minimum absolute atomic E-state index is 0.589. The van der Waals surface area contributed by atoms with E-state index in [0.717, 1.165) is 19.0 Å². The van der Waals surface area contributed by atoms with E-state index in [1.165, 1.54) is 69.5 Å². The van der Waals surface area contributed by atoms with E-state index in [0.29, 0.717) is 6.04 Å². The molecule has 144 valence electrons. The summed E-state index contributed by atoms with van der Waals surface area (Å²) in [7, 11) is 1.86. The van der Waals surface area contributed by atoms with Crippen LogP contribution in [0.1, 0.15) is 43.7 Å². The van der Waals surface area contributed by atoms with Gasteiger partial charge in [0.05, 0.1) is 0 Å². The van der Waals surface area contributed by atoms with Gasteiger partial charge >= 0.3 is 0 Å². The summed E-state index contributed by atoms with van der Waals surface area (Å²) in [4.78, 5) is 9.52. The number of nitrogens with one attached hydrogen (secondary N) is 2. The molecule has 1 aromatic rings. The molecule has 0 aromatic heterocycles. The average Bonchev–Trinajstić information content (AvgIpc) is 3.20. The van der Waals surface area contributed by atoms with Crippen LogP contribution >= 0.6 is 0 Å². The van der Waals surface area contributed by atoms with Crippen molar-refractivity contribution in [3.05, 3.63) is 35.4 Å². The molecule has 26 heavy (non-hydrogen) atoms. The number of benzene rings is 1. The Kier molecular flexibility index (Phi) is 7.32. The van der Waals surface area contributed by atoms with Crippen molar-refractivity contribution in [3.8, 4) is 0 Å². The normalized spacial score (nSPS) is 20.5. The largest absolute Gasteiger partial charge is 0.354 e. The van der Waals surface area contributed by atoms with Crippen molar-refractivity contribution in [2.24, 2.45) is 4.99 Å². The molecule has 1 aromatic carbocycles. The van der Waals surface area contributed by atoms with Gasteiger partial charge in [-0.25, -0.2) is 0 Å². The predicted molar refractivity (Wildman–Crippen MR) is 109 cm³/mol. The Bertz CT molecular complexity index is 572. The first-order valence-corrected chi connectivity index (χ1v) is 10.3. The lowest BCUT2D eigenvalue weighted by molar-refractivity contribution is 0.131. The van der Waals surface area contributed by atoms with Crippen molar-refractivity contribution >= 4 is 5.96 Å². The van der Waals surface area contributed by atoms with Gasteiger partial charge in [0.1, 0.15) is 0 Å². The highest BCUT2D eigenvalue weighted by Crippen LogP contribution is 2.17. The van der Waals surface area contributed by atoms with Crippen molar-refractivity contribution in [2.45, 2.75) is 51.7 Å². The molecule has 1 saturated heterocycles. The Morgan fingerprint density at radius 2 is 1.69 bits per heavy atom. The summed E-state index contributed by atoms with van der Waals surface area (Å²) in [5, 5.41) is 7.09. The minimum atomic E-state index is 0.589. The standard InChI is InChI=1S/C21H35N5/c1-3-25-12-14-26(15-13-25)17-19-9-5-4-8-18(19)16-23-21(22-2)24-20-10-6-7-11-20/h4-5,8-9,20H,3,6-7,10-17H2,1-2H3,(H2,22,23,24). The number of nitrogens with zero attached hydrogens (tertiary/aromatic N) is 3. The molecule has 0 bridgehead atoms. The van der Waals surface area contributed by atoms with Gasteiger partial charge in [-0.3, -0.25) is 9.89 Å². The van der Waals surface area contributed by atoms with Crippen LogP contribution in [0.25, 0.3) is 0 Å². The maximum absolute atomic E-state index is 4.41. The summed E-state index contributed by atoms with van der Waals surface area (Å²) in [6, 6.07) is 9.41. The summed E-state index contributed by atoms with van der Waals surface area (Å²) in [6.45, 7) is 10.0. The molecule has 5 nitrogen and oxygen atoms in total. The van der Waals surface area contributed by atoms with E-state index < -0.39 is 0 Å². The molecular formula is C21H35N5. The van der Waals surface area contributed by atoms with E-state index in [1.54, 1.807) is 0 Å². The highest BCUT2D eigenvalue weighted by atomic mass is 15.3. The maximum atomic E-state index is 4.41. The fourth-order valence-electron chi connectivity index (χ4n) is 4.03. The van der Waals surface area contributed by atoms with E-state index in [-0.39, 0.29) is 0 Å². The third kappa shape index (κ3) is 5.45. The zero-order chi connectivity index (χ0) is 18.2. The van der Waals surface area contributed by atoms with Crippen LogP contribution in [-0.4, -0.2) is 61.6 Å². The van der Waals surface area contributed by atoms with Crippen molar-refractivity contribution in [3.63, 3.8) is 0 Å². The first-order valence-electron chi connectivity index (χ1n) is 10.3. The van der Waals surface area contributed by atoms with Gasteiger partial charge < -0.3 is 15.5 Å². The molecule has 2 N–H and O–H groups in total. The smallest absolute Gasteiger partial charge is 0.191 e. The highest BCUT2D eigenvalue weighted by Gasteiger charge is 2.18. The summed E-state index contributed by atoms with van der Waals surface area (Å²) in [5.74, 6) is 0.934. The van der Waals surface area contributed by atoms with Crippen LogP contribution < -0.4 is 10.6 Å². The Labute approximate surface area is 158 Å². The van der Waals surface area contributed by atoms with Crippen molar-refractivity contribution in [1.29, 1.82) is 0 Å². The van der Waals surface area contributed by atoms with Gasteiger partial charge in [0.2, 0.25) is 0 Å². The molecule has 1 heterocycles. The Morgan fingerprint density at radius 3 is 2.35 bits per heavy atom. The third-order valence-corrected chi connectivity index (χ3v) is 5.79. The molecule has 5 heteroatoms. The molecule has 1 saturated carbocycles. The number of piperazine rings is 1. The molecule has 2 aliphatic rings. The molecule has 0 unspecified atom stereocenters. The lowest BCUT2D eigenvalue weighted by atomic mass is 10.1. The molecule has 0 amide bonds. The van der Waals surface area contributed by atoms with Crippen molar-refractivity contribution in [1.82, 2.24) is 20.4 Å². The fourth-order valence-corrected chi connectivity index (χ4v) is 4.03. The van der Waals surface area contributed by atoms with Crippen LogP contribution in [0.3, 0.4) is 0 Å². The molecule has 1 aliphatic heterocycles. The van der Waals surface area contributed by atoms with Gasteiger partial charge in [-0.05, 0) is 30.5 Å². The van der Waals surface area contributed by atoms with E-state index >= 15 is 0 Å². The zero-order valence-corrected chi connectivity index (χ0v) is 16.5. The van der Waals surface area contributed by atoms with Gasteiger partial charge in [-0.1, -0.05) is 44.0 Å². The van der Waals surface area contributed by atoms with E-state index in [1.807, 2.05) is 7.05 Å². The van der Waals surface area contributed by atoms with Gasteiger partial charge in [0.15, 0.2) is 5.96 Å². The van der Waals surface area contributed by atoms with Gasteiger partial charge in [0, 0.05) is 52.4 Å². The number of rotatable bonds is 6. The third-order valence-electron chi connectivity index (χ3n) is 5.79. The van der Waals surface area contributed by atoms with Gasteiger partial charge in [-0.15, -0.1) is 0 Å². The maximum Gasteiger partial charge on any atom is 0.191 e. The van der Waals surface area contributed by atoms with E-state index in [4.69, 9.17) is 0 Å². The Morgan fingerprint density at radius 1 is 1.04 bits per heavy atom. The lowest BCUT2D eigenvalue weighted by Crippen LogP contribution is -2.45. The van der Waals surface area contributed by atoms with Crippen LogP contribution in [0, 0.1) is 0 Å². The monoisotopic (exact) mass is 357 g/mol. The van der Waals surface area contributed by atoms with Crippen LogP contribution in [0.5, 0.6) is 0 Å². The Balaban J connectivity index is 1.53. The topological polar surface area (TPSA) is 42.9 Å². The summed E-state index contributed by atoms with van der Waals surface area (Å²) < 4.78 is 0. The lowest BCUT2D eigenvalue weighted by Gasteiger charge is -2.34. The molecule has 3 rings (SSSR count). The van der Waals surface area contributed by atoms with E-state index in [9.17, 15) is 0 Å². The SMILES string of the molecule is CCN1CCN(Cc2ccccc2CNC(=NC)NC2CCCC2)CC1. The van der Waals surface area contributed by atoms with Crippen molar-refractivity contribution < 1.29 is 0 Å². The second kappa shape index (κ2) is 9.93. The molecule has 1 aliphatic carbocycles. The van der Waals surface area contributed by atoms with Crippen LogP contribution in [0.4, 0.5) is 0 Å². The number of hydrogen-bond acceptors (Lipinski definition) is 3. The van der Waals surface area contributed by atoms with Gasteiger partial charge in [-0.2, -0.15) is 0 Å². The van der Waals surface area contributed by atoms with Crippen LogP contribution in [0.2, 0.25) is 0 Å². The molecule has 0 atom stereocenters. The second-order valence-electron chi connectivity index (χ2n) is 7.53. The summed E-state index contributed by atoms with van der Waals surface area (Å²) in [6.07, 6.45) is 5.20. The zero-order valence-electron chi connectivity index (χ0n) is 16.5. The number of hydrogen-bond donors (Lipinski definition) is 2. The summed E-state index contributed by atoms with van der Waals surface area (Å²) >= 11 is 0. The fraction of sp³-hybridized carbons (Fsp3) is 0.667. The number of aliphatic imine (C=N–C) groups is 1. The quantitative estimate of drug-likeness (QED) is 0.606. The molecule has 0 spiro atoms. The van der Waals surface area contributed by atoms with Crippen molar-refractivity contribution in [2.75, 3.05) is 39.8 Å². The minimum Gasteiger partial charge on any atom is -0.354 e. The van der Waals surface area contributed by atoms with Crippen LogP contribution in [-0.2, 0) is 13.1 Å². The van der Waals surface area contributed by atoms with E-state index in [2.05, 4.69) is 56.6 Å². The first kappa shape index (κ1) is 19.2. The van der Waals surface area contributed by atoms with Gasteiger partial charge in [0.25, 0.3) is 0 Å². The Hall–Kier alpha value is -1.59. The highest BCUT2D eigenvalue weighted by molar-refractivity contribution is 5.80. The predicted octanol–water partition coefficient (Wildman–Crippen LogP) is 2.43. The number of likely N-dealkylation sites (N-methyl/N-ethyl adjacent to an activating group) is 1. The average molecular weight is 358 g/mol. The second-order valence-corrected chi connectivity index (χ2v) is 7.53. The summed E-state index contributed by atoms with van der Waals surface area (Å²) in [5.41, 5.74) is 2.81. The molecule has 2 fully saturated rings. The van der Waals surface area contributed by atoms with Crippen LogP contribution in [0.15, 0.2) is 29.3 Å². The molecule has 0 radical (unpaired) electrons.